The van der Waals surface area contributed by atoms with Crippen LogP contribution in [0.1, 0.15) is 5.56 Å². The quantitative estimate of drug-likeness (QED) is 0.683. The zero-order valence-electron chi connectivity index (χ0n) is 9.16. The van der Waals surface area contributed by atoms with Crippen molar-refractivity contribution in [3.8, 4) is 0 Å². The second-order valence-corrected chi connectivity index (χ2v) is 5.33. The molecule has 0 bridgehead atoms. The van der Waals surface area contributed by atoms with Crippen LogP contribution in [0.4, 0.5) is 14.5 Å². The third kappa shape index (κ3) is 2.81. The highest BCUT2D eigenvalue weighted by atomic mass is 79.9. The first kappa shape index (κ1) is 13.3. The van der Waals surface area contributed by atoms with Crippen molar-refractivity contribution < 1.29 is 8.78 Å². The average molecular weight is 331 g/mol. The molecule has 0 saturated carbocycles. The van der Waals surface area contributed by atoms with E-state index >= 15 is 0 Å². The predicted octanol–water partition coefficient (Wildman–Crippen LogP) is 4.00. The second kappa shape index (κ2) is 5.67. The zero-order chi connectivity index (χ0) is 13.1. The van der Waals surface area contributed by atoms with E-state index in [2.05, 4.69) is 20.9 Å². The van der Waals surface area contributed by atoms with Crippen molar-refractivity contribution in [1.82, 2.24) is 4.98 Å². The molecule has 1 aromatic carbocycles. The second-order valence-electron chi connectivity index (χ2n) is 3.51. The molecule has 0 atom stereocenters. The number of anilines is 1. The number of aromatic nitrogens is 1. The van der Waals surface area contributed by atoms with E-state index in [0.717, 1.165) is 0 Å². The summed E-state index contributed by atoms with van der Waals surface area (Å²) in [4.78, 5) is 4.06. The van der Waals surface area contributed by atoms with Crippen LogP contribution in [0.25, 0.3) is 0 Å². The van der Waals surface area contributed by atoms with Crippen molar-refractivity contribution in [3.63, 3.8) is 0 Å². The third-order valence-electron chi connectivity index (χ3n) is 2.29. The van der Waals surface area contributed by atoms with Gasteiger partial charge < -0.3 is 5.73 Å². The minimum atomic E-state index is -0.586. The number of nitrogens with zero attached hydrogens (tertiary/aromatic N) is 1. The lowest BCUT2D eigenvalue weighted by Gasteiger charge is -2.07. The highest BCUT2D eigenvalue weighted by Crippen LogP contribution is 2.30. The summed E-state index contributed by atoms with van der Waals surface area (Å²) in [5, 5.41) is 0.566. The molecule has 0 amide bonds. The van der Waals surface area contributed by atoms with Crippen molar-refractivity contribution in [2.45, 2.75) is 10.8 Å². The smallest absolute Gasteiger partial charge is 0.144 e. The van der Waals surface area contributed by atoms with Crippen LogP contribution in [0.2, 0.25) is 0 Å². The zero-order valence-corrected chi connectivity index (χ0v) is 11.6. The Morgan fingerprint density at radius 2 is 2.06 bits per heavy atom. The molecular weight excluding hydrogens is 322 g/mol. The summed E-state index contributed by atoms with van der Waals surface area (Å²) < 4.78 is 27.5. The predicted molar refractivity (Wildman–Crippen MR) is 72.3 cm³/mol. The van der Waals surface area contributed by atoms with E-state index < -0.39 is 11.6 Å². The number of benzene rings is 1. The van der Waals surface area contributed by atoms with Gasteiger partial charge in [-0.3, -0.25) is 0 Å². The Labute approximate surface area is 116 Å². The first-order chi connectivity index (χ1) is 8.59. The molecule has 0 aliphatic carbocycles. The molecule has 2 rings (SSSR count). The molecule has 0 radical (unpaired) electrons. The van der Waals surface area contributed by atoms with Gasteiger partial charge >= 0.3 is 0 Å². The summed E-state index contributed by atoms with van der Waals surface area (Å²) in [6.07, 6.45) is 1.59. The van der Waals surface area contributed by atoms with Gasteiger partial charge in [0, 0.05) is 17.5 Å². The molecular formula is C12H9BrF2N2S. The summed E-state index contributed by atoms with van der Waals surface area (Å²) in [5.74, 6) is -1.02. The van der Waals surface area contributed by atoms with Gasteiger partial charge in [0.2, 0.25) is 0 Å². The van der Waals surface area contributed by atoms with E-state index in [-0.39, 0.29) is 15.8 Å². The highest BCUT2D eigenvalue weighted by Gasteiger charge is 2.13. The van der Waals surface area contributed by atoms with Gasteiger partial charge in [0.25, 0.3) is 0 Å². The van der Waals surface area contributed by atoms with Gasteiger partial charge in [-0.25, -0.2) is 13.8 Å². The van der Waals surface area contributed by atoms with Crippen molar-refractivity contribution >= 4 is 33.4 Å². The van der Waals surface area contributed by atoms with Crippen molar-refractivity contribution in [2.75, 3.05) is 5.73 Å². The van der Waals surface area contributed by atoms with E-state index in [9.17, 15) is 8.78 Å². The fourth-order valence-corrected chi connectivity index (χ4v) is 2.65. The SMILES string of the molecule is Nc1cccnc1SCc1c(F)ccc(Br)c1F. The molecule has 0 spiro atoms. The normalized spacial score (nSPS) is 10.6. The molecule has 2 aromatic rings. The number of halogens is 3. The maximum atomic E-state index is 13.7. The Bertz CT molecular complexity index is 578. The van der Waals surface area contributed by atoms with Crippen LogP contribution in [0.5, 0.6) is 0 Å². The highest BCUT2D eigenvalue weighted by molar-refractivity contribution is 9.10. The van der Waals surface area contributed by atoms with Crippen molar-refractivity contribution in [1.29, 1.82) is 0 Å². The average Bonchev–Trinajstić information content (AvgIpc) is 2.36. The third-order valence-corrected chi connectivity index (χ3v) is 3.95. The summed E-state index contributed by atoms with van der Waals surface area (Å²) in [5.41, 5.74) is 6.22. The minimum Gasteiger partial charge on any atom is -0.397 e. The van der Waals surface area contributed by atoms with E-state index in [1.165, 1.54) is 23.9 Å². The van der Waals surface area contributed by atoms with Gasteiger partial charge in [-0.15, -0.1) is 0 Å². The monoisotopic (exact) mass is 330 g/mol. The lowest BCUT2D eigenvalue weighted by Crippen LogP contribution is -1.96. The van der Waals surface area contributed by atoms with Crippen molar-refractivity contribution in [2.24, 2.45) is 0 Å². The van der Waals surface area contributed by atoms with E-state index in [1.807, 2.05) is 0 Å². The van der Waals surface area contributed by atoms with E-state index in [1.54, 1.807) is 18.3 Å². The fourth-order valence-electron chi connectivity index (χ4n) is 1.37. The lowest BCUT2D eigenvalue weighted by molar-refractivity contribution is 0.562. The number of pyridine rings is 1. The molecule has 1 heterocycles. The van der Waals surface area contributed by atoms with Crippen LogP contribution in [0.3, 0.4) is 0 Å². The number of rotatable bonds is 3. The fraction of sp³-hybridized carbons (Fsp3) is 0.0833. The van der Waals surface area contributed by atoms with Crippen LogP contribution in [-0.2, 0) is 5.75 Å². The number of nitrogens with two attached hydrogens (primary N) is 1. The molecule has 0 unspecified atom stereocenters. The van der Waals surface area contributed by atoms with Crippen LogP contribution < -0.4 is 5.73 Å². The maximum absolute atomic E-state index is 13.7. The lowest BCUT2D eigenvalue weighted by atomic mass is 10.2. The Morgan fingerprint density at radius 3 is 2.78 bits per heavy atom. The van der Waals surface area contributed by atoms with Crippen LogP contribution >= 0.6 is 27.7 Å². The van der Waals surface area contributed by atoms with Gasteiger partial charge in [0.15, 0.2) is 0 Å². The summed E-state index contributed by atoms with van der Waals surface area (Å²) in [6, 6.07) is 5.97. The maximum Gasteiger partial charge on any atom is 0.144 e. The largest absolute Gasteiger partial charge is 0.397 e. The molecule has 2 N–H and O–H groups in total. The van der Waals surface area contributed by atoms with E-state index in [0.29, 0.717) is 10.7 Å². The minimum absolute atomic E-state index is 0.0134. The molecule has 0 aliphatic rings. The molecule has 0 aliphatic heterocycles. The number of hydrogen-bond donors (Lipinski definition) is 1. The van der Waals surface area contributed by atoms with Gasteiger partial charge in [-0.2, -0.15) is 0 Å². The molecule has 2 nitrogen and oxygen atoms in total. The Hall–Kier alpha value is -1.14. The number of hydrogen-bond acceptors (Lipinski definition) is 3. The molecule has 94 valence electrons. The number of nitrogen functional groups attached to an aromatic ring is 1. The van der Waals surface area contributed by atoms with Crippen LogP contribution in [-0.4, -0.2) is 4.98 Å². The van der Waals surface area contributed by atoms with Gasteiger partial charge in [0.1, 0.15) is 16.7 Å². The van der Waals surface area contributed by atoms with Gasteiger partial charge in [0.05, 0.1) is 10.2 Å². The summed E-state index contributed by atoms with van der Waals surface area (Å²) in [7, 11) is 0. The van der Waals surface area contributed by atoms with E-state index in [4.69, 9.17) is 5.73 Å². The van der Waals surface area contributed by atoms with Crippen molar-refractivity contribution in [3.05, 3.63) is 52.1 Å². The first-order valence-corrected chi connectivity index (χ1v) is 6.83. The van der Waals surface area contributed by atoms with Crippen LogP contribution in [0.15, 0.2) is 40.0 Å². The Morgan fingerprint density at radius 1 is 1.28 bits per heavy atom. The molecule has 6 heteroatoms. The Balaban J connectivity index is 2.21. The molecule has 0 fully saturated rings. The van der Waals surface area contributed by atoms with Gasteiger partial charge in [-0.1, -0.05) is 11.8 Å². The van der Waals surface area contributed by atoms with Gasteiger partial charge in [-0.05, 0) is 40.2 Å². The number of thioether (sulfide) groups is 1. The Kier molecular flexibility index (Phi) is 4.19. The topological polar surface area (TPSA) is 38.9 Å². The molecule has 18 heavy (non-hydrogen) atoms. The molecule has 0 saturated heterocycles. The standard InChI is InChI=1S/C12H9BrF2N2S/c13-8-3-4-9(14)7(11(8)15)6-18-12-10(16)2-1-5-17-12/h1-5H,6,16H2. The molecule has 1 aromatic heterocycles. The van der Waals surface area contributed by atoms with Crippen LogP contribution in [0, 0.1) is 11.6 Å². The summed E-state index contributed by atoms with van der Waals surface area (Å²) in [6.45, 7) is 0. The summed E-state index contributed by atoms with van der Waals surface area (Å²) >= 11 is 4.23. The first-order valence-electron chi connectivity index (χ1n) is 5.05.